The van der Waals surface area contributed by atoms with Gasteiger partial charge in [0.25, 0.3) is 0 Å². The van der Waals surface area contributed by atoms with E-state index in [-0.39, 0.29) is 5.69 Å². The molecule has 0 aliphatic carbocycles. The topological polar surface area (TPSA) is 59.1 Å². The van der Waals surface area contributed by atoms with Gasteiger partial charge in [-0.05, 0) is 42.0 Å². The minimum Gasteiger partial charge on any atom is -0.372 e. The van der Waals surface area contributed by atoms with Crippen molar-refractivity contribution in [1.82, 2.24) is 4.98 Å². The largest absolute Gasteiger partial charge is 0.372 e. The molecule has 1 N–H and O–H groups in total. The Morgan fingerprint density at radius 3 is 2.33 bits per heavy atom. The maximum atomic E-state index is 13.7. The van der Waals surface area contributed by atoms with E-state index in [9.17, 15) is 21.6 Å². The van der Waals surface area contributed by atoms with Crippen molar-refractivity contribution in [2.24, 2.45) is 0 Å². The van der Waals surface area contributed by atoms with Gasteiger partial charge in [-0.15, -0.1) is 0 Å². The summed E-state index contributed by atoms with van der Waals surface area (Å²) in [5.41, 5.74) is 0.933. The molecule has 1 heterocycles. The average molecular weight is 392 g/mol. The molecule has 0 aliphatic rings. The van der Waals surface area contributed by atoms with Gasteiger partial charge >= 0.3 is 5.76 Å². The quantitative estimate of drug-likeness (QED) is 0.675. The van der Waals surface area contributed by atoms with Gasteiger partial charge in [-0.3, -0.25) is 4.98 Å². The Hall–Kier alpha value is -2.87. The molecule has 0 spiro atoms. The molecular formula is C19H15F3N2O2S. The molecule has 3 rings (SSSR count). The third kappa shape index (κ3) is 4.11. The zero-order valence-electron chi connectivity index (χ0n) is 13.9. The van der Waals surface area contributed by atoms with Gasteiger partial charge in [0.2, 0.25) is 9.84 Å². The van der Waals surface area contributed by atoms with E-state index in [4.69, 9.17) is 0 Å². The number of nitrogens with zero attached hydrogens (tertiary/aromatic N) is 1. The van der Waals surface area contributed by atoms with Crippen LogP contribution in [0.5, 0.6) is 0 Å². The molecule has 0 bridgehead atoms. The molecule has 3 aromatic rings. The van der Waals surface area contributed by atoms with Crippen LogP contribution in [0, 0.1) is 5.82 Å². The summed E-state index contributed by atoms with van der Waals surface area (Å²) in [6, 6.07) is 15.4. The monoisotopic (exact) mass is 392 g/mol. The number of hydrogen-bond acceptors (Lipinski definition) is 4. The number of rotatable bonds is 6. The number of benzene rings is 2. The van der Waals surface area contributed by atoms with Crippen LogP contribution in [-0.2, 0) is 9.84 Å². The van der Waals surface area contributed by atoms with Crippen molar-refractivity contribution in [3.05, 3.63) is 90.0 Å². The molecule has 0 saturated carbocycles. The zero-order valence-corrected chi connectivity index (χ0v) is 14.7. The summed E-state index contributed by atoms with van der Waals surface area (Å²) in [5, 5.41) is 2.93. The van der Waals surface area contributed by atoms with Crippen molar-refractivity contribution in [2.45, 2.75) is 16.7 Å². The van der Waals surface area contributed by atoms with Crippen LogP contribution in [0.3, 0.4) is 0 Å². The van der Waals surface area contributed by atoms with E-state index in [2.05, 4.69) is 10.3 Å². The fourth-order valence-electron chi connectivity index (χ4n) is 2.65. The smallest absolute Gasteiger partial charge is 0.341 e. The highest BCUT2D eigenvalue weighted by Crippen LogP contribution is 2.31. The molecular weight excluding hydrogens is 377 g/mol. The second kappa shape index (κ2) is 7.79. The second-order valence-corrected chi connectivity index (χ2v) is 7.57. The molecule has 1 unspecified atom stereocenters. The average Bonchev–Trinajstić information content (AvgIpc) is 2.67. The van der Waals surface area contributed by atoms with Crippen molar-refractivity contribution < 1.29 is 21.6 Å². The fraction of sp³-hybridized carbons (Fsp3) is 0.105. The van der Waals surface area contributed by atoms with E-state index < -0.39 is 32.3 Å². The van der Waals surface area contributed by atoms with Gasteiger partial charge in [0, 0.05) is 6.20 Å². The molecule has 0 saturated heterocycles. The standard InChI is InChI=1S/C19H15F3N2O2S/c20-14-7-5-6-13(12-14)18(16-9-3-4-11-23-16)24-15-8-1-2-10-17(15)27(25,26)19(21)22/h1-12,18-19,24H. The second-order valence-electron chi connectivity index (χ2n) is 5.69. The van der Waals surface area contributed by atoms with Crippen LogP contribution in [0.15, 0.2) is 77.8 Å². The first-order valence-corrected chi connectivity index (χ1v) is 9.48. The van der Waals surface area contributed by atoms with Gasteiger partial charge in [-0.1, -0.05) is 30.3 Å². The molecule has 4 nitrogen and oxygen atoms in total. The normalized spacial score (nSPS) is 12.7. The molecule has 0 aliphatic heterocycles. The first kappa shape index (κ1) is 18.9. The van der Waals surface area contributed by atoms with Crippen molar-refractivity contribution in [3.8, 4) is 0 Å². The zero-order chi connectivity index (χ0) is 19.4. The number of sulfone groups is 1. The summed E-state index contributed by atoms with van der Waals surface area (Å²) < 4.78 is 63.8. The predicted octanol–water partition coefficient (Wildman–Crippen LogP) is 4.42. The van der Waals surface area contributed by atoms with Crippen LogP contribution in [0.1, 0.15) is 17.3 Å². The van der Waals surface area contributed by atoms with Crippen LogP contribution in [0.2, 0.25) is 0 Å². The summed E-state index contributed by atoms with van der Waals surface area (Å²) >= 11 is 0. The number of anilines is 1. The van der Waals surface area contributed by atoms with Gasteiger partial charge in [0.1, 0.15) is 5.82 Å². The van der Waals surface area contributed by atoms with Crippen LogP contribution in [0.25, 0.3) is 0 Å². The fourth-order valence-corrected chi connectivity index (χ4v) is 3.54. The number of para-hydroxylation sites is 1. The highest BCUT2D eigenvalue weighted by Gasteiger charge is 2.30. The Morgan fingerprint density at radius 1 is 0.926 bits per heavy atom. The number of alkyl halides is 2. The lowest BCUT2D eigenvalue weighted by molar-refractivity contribution is 0.235. The number of halogens is 3. The van der Waals surface area contributed by atoms with Crippen LogP contribution >= 0.6 is 0 Å². The molecule has 1 atom stereocenters. The van der Waals surface area contributed by atoms with Crippen LogP contribution in [0.4, 0.5) is 18.9 Å². The molecule has 0 radical (unpaired) electrons. The highest BCUT2D eigenvalue weighted by atomic mass is 32.2. The molecule has 1 aromatic heterocycles. The lowest BCUT2D eigenvalue weighted by Gasteiger charge is -2.22. The molecule has 2 aromatic carbocycles. The Labute approximate surface area is 154 Å². The molecule has 140 valence electrons. The first-order valence-electron chi connectivity index (χ1n) is 7.93. The van der Waals surface area contributed by atoms with Crippen molar-refractivity contribution in [1.29, 1.82) is 0 Å². The van der Waals surface area contributed by atoms with E-state index in [1.807, 2.05) is 0 Å². The third-order valence-corrected chi connectivity index (χ3v) is 5.33. The van der Waals surface area contributed by atoms with Crippen molar-refractivity contribution >= 4 is 15.5 Å². The van der Waals surface area contributed by atoms with Gasteiger partial charge < -0.3 is 5.32 Å². The van der Waals surface area contributed by atoms with Crippen molar-refractivity contribution in [3.63, 3.8) is 0 Å². The number of nitrogens with one attached hydrogen (secondary N) is 1. The number of aromatic nitrogens is 1. The van der Waals surface area contributed by atoms with E-state index in [0.29, 0.717) is 11.3 Å². The maximum absolute atomic E-state index is 13.7. The maximum Gasteiger partial charge on any atom is 0.341 e. The number of hydrogen-bond donors (Lipinski definition) is 1. The number of pyridine rings is 1. The van der Waals surface area contributed by atoms with Gasteiger partial charge in [-0.2, -0.15) is 8.78 Å². The van der Waals surface area contributed by atoms with Gasteiger partial charge in [0.15, 0.2) is 0 Å². The summed E-state index contributed by atoms with van der Waals surface area (Å²) in [6.07, 6.45) is 1.53. The summed E-state index contributed by atoms with van der Waals surface area (Å²) in [4.78, 5) is 3.70. The van der Waals surface area contributed by atoms with Crippen molar-refractivity contribution in [2.75, 3.05) is 5.32 Å². The summed E-state index contributed by atoms with van der Waals surface area (Å²) in [5.74, 6) is -4.04. The Morgan fingerprint density at radius 2 is 1.67 bits per heavy atom. The summed E-state index contributed by atoms with van der Waals surface area (Å²) in [6.45, 7) is 0. The highest BCUT2D eigenvalue weighted by molar-refractivity contribution is 7.91. The van der Waals surface area contributed by atoms with Gasteiger partial charge in [0.05, 0.1) is 22.3 Å². The molecule has 8 heteroatoms. The predicted molar refractivity (Wildman–Crippen MR) is 95.7 cm³/mol. The lowest BCUT2D eigenvalue weighted by Crippen LogP contribution is -2.18. The Balaban J connectivity index is 2.09. The molecule has 27 heavy (non-hydrogen) atoms. The van der Waals surface area contributed by atoms with E-state index in [1.54, 1.807) is 24.3 Å². The molecule has 0 fully saturated rings. The van der Waals surface area contributed by atoms with Crippen LogP contribution in [-0.4, -0.2) is 19.2 Å². The Kier molecular flexibility index (Phi) is 5.46. The van der Waals surface area contributed by atoms with E-state index >= 15 is 0 Å². The van der Waals surface area contributed by atoms with Crippen LogP contribution < -0.4 is 5.32 Å². The van der Waals surface area contributed by atoms with Gasteiger partial charge in [-0.25, -0.2) is 12.8 Å². The minimum absolute atomic E-state index is 0.0160. The van der Waals surface area contributed by atoms with E-state index in [1.165, 1.54) is 42.6 Å². The minimum atomic E-state index is -4.82. The SMILES string of the molecule is O=S(=O)(c1ccccc1NC(c1cccc(F)c1)c1ccccn1)C(F)F. The Bertz CT molecular complexity index is 1030. The third-order valence-electron chi connectivity index (χ3n) is 3.89. The molecule has 0 amide bonds. The summed E-state index contributed by atoms with van der Waals surface area (Å²) in [7, 11) is -4.82. The lowest BCUT2D eigenvalue weighted by atomic mass is 10.0. The van der Waals surface area contributed by atoms with E-state index in [0.717, 1.165) is 6.07 Å². The first-order chi connectivity index (χ1) is 12.9.